The van der Waals surface area contributed by atoms with E-state index in [2.05, 4.69) is 5.10 Å². The quantitative estimate of drug-likeness (QED) is 0.848. The third kappa shape index (κ3) is 3.80. The van der Waals surface area contributed by atoms with Crippen molar-refractivity contribution in [2.24, 2.45) is 5.92 Å². The van der Waals surface area contributed by atoms with Gasteiger partial charge in [-0.15, -0.1) is 0 Å². The molecular formula is C17H18Cl3N3O2. The molecule has 2 atom stereocenters. The number of rotatable bonds is 3. The predicted octanol–water partition coefficient (Wildman–Crippen LogP) is 3.79. The first-order chi connectivity index (χ1) is 11.9. The highest BCUT2D eigenvalue weighted by Crippen LogP contribution is 2.29. The normalized spacial score (nSPS) is 19.1. The fourth-order valence-corrected chi connectivity index (χ4v) is 3.83. The maximum absolute atomic E-state index is 12.7. The highest BCUT2D eigenvalue weighted by Gasteiger charge is 2.26. The van der Waals surface area contributed by atoms with Gasteiger partial charge in [-0.3, -0.25) is 4.79 Å². The van der Waals surface area contributed by atoms with Crippen LogP contribution >= 0.6 is 34.8 Å². The SMILES string of the molecule is CC(O)C1CCCN(c2cnn(-c3ccc(Cl)cc3Cl)c(=O)c2Cl)C1. The first-order valence-electron chi connectivity index (χ1n) is 8.04. The second-order valence-corrected chi connectivity index (χ2v) is 7.47. The summed E-state index contributed by atoms with van der Waals surface area (Å²) < 4.78 is 1.17. The second kappa shape index (κ2) is 7.54. The van der Waals surface area contributed by atoms with Gasteiger partial charge in [0.25, 0.3) is 5.56 Å². The van der Waals surface area contributed by atoms with Crippen LogP contribution in [0.25, 0.3) is 5.69 Å². The molecule has 3 rings (SSSR count). The van der Waals surface area contributed by atoms with Crippen molar-refractivity contribution in [1.29, 1.82) is 0 Å². The van der Waals surface area contributed by atoms with Crippen LogP contribution in [0.2, 0.25) is 15.1 Å². The molecule has 1 saturated heterocycles. The largest absolute Gasteiger partial charge is 0.393 e. The molecule has 1 fully saturated rings. The summed E-state index contributed by atoms with van der Waals surface area (Å²) in [7, 11) is 0. The number of piperidine rings is 1. The first kappa shape index (κ1) is 18.5. The van der Waals surface area contributed by atoms with Crippen molar-refractivity contribution < 1.29 is 5.11 Å². The Morgan fingerprint density at radius 2 is 2.04 bits per heavy atom. The summed E-state index contributed by atoms with van der Waals surface area (Å²) in [5.74, 6) is 0.151. The molecule has 1 N–H and O–H groups in total. The molecule has 25 heavy (non-hydrogen) atoms. The van der Waals surface area contributed by atoms with Gasteiger partial charge < -0.3 is 10.0 Å². The lowest BCUT2D eigenvalue weighted by molar-refractivity contribution is 0.115. The molecule has 0 amide bonds. The van der Waals surface area contributed by atoms with Gasteiger partial charge in [0.2, 0.25) is 0 Å². The van der Waals surface area contributed by atoms with Gasteiger partial charge in [0, 0.05) is 24.0 Å². The molecule has 0 spiro atoms. The molecule has 8 heteroatoms. The van der Waals surface area contributed by atoms with E-state index in [0.29, 0.717) is 28.0 Å². The number of hydrogen-bond donors (Lipinski definition) is 1. The second-order valence-electron chi connectivity index (χ2n) is 6.25. The third-order valence-corrected chi connectivity index (χ3v) is 5.41. The fraction of sp³-hybridized carbons (Fsp3) is 0.412. The zero-order chi connectivity index (χ0) is 18.1. The van der Waals surface area contributed by atoms with Crippen LogP contribution in [0.5, 0.6) is 0 Å². The van der Waals surface area contributed by atoms with Crippen LogP contribution in [0.15, 0.2) is 29.2 Å². The van der Waals surface area contributed by atoms with Crippen LogP contribution in [-0.4, -0.2) is 34.1 Å². The van der Waals surface area contributed by atoms with E-state index in [-0.39, 0.29) is 10.9 Å². The Labute approximate surface area is 160 Å². The van der Waals surface area contributed by atoms with E-state index in [1.807, 2.05) is 4.90 Å². The molecule has 1 aromatic carbocycles. The molecule has 1 aromatic heterocycles. The van der Waals surface area contributed by atoms with Gasteiger partial charge in [0.1, 0.15) is 5.02 Å². The summed E-state index contributed by atoms with van der Waals surface area (Å²) >= 11 is 18.4. The molecule has 2 unspecified atom stereocenters. The van der Waals surface area contributed by atoms with Gasteiger partial charge in [-0.25, -0.2) is 0 Å². The van der Waals surface area contributed by atoms with Crippen molar-refractivity contribution in [3.05, 3.63) is 49.8 Å². The fourth-order valence-electron chi connectivity index (χ4n) is 3.09. The van der Waals surface area contributed by atoms with Crippen molar-refractivity contribution in [1.82, 2.24) is 9.78 Å². The summed E-state index contributed by atoms with van der Waals surface area (Å²) in [6, 6.07) is 4.81. The van der Waals surface area contributed by atoms with E-state index in [0.717, 1.165) is 19.4 Å². The molecule has 0 radical (unpaired) electrons. The van der Waals surface area contributed by atoms with Gasteiger partial charge in [-0.1, -0.05) is 34.8 Å². The number of anilines is 1. The summed E-state index contributed by atoms with van der Waals surface area (Å²) in [5.41, 5.74) is 0.561. The monoisotopic (exact) mass is 401 g/mol. The molecule has 2 aromatic rings. The molecule has 1 aliphatic rings. The molecule has 5 nitrogen and oxygen atoms in total. The maximum Gasteiger partial charge on any atom is 0.292 e. The zero-order valence-corrected chi connectivity index (χ0v) is 15.9. The van der Waals surface area contributed by atoms with E-state index in [1.54, 1.807) is 31.3 Å². The van der Waals surface area contributed by atoms with Crippen LogP contribution in [0.1, 0.15) is 19.8 Å². The lowest BCUT2D eigenvalue weighted by atomic mass is 9.93. The highest BCUT2D eigenvalue weighted by molar-refractivity contribution is 6.36. The van der Waals surface area contributed by atoms with Crippen molar-refractivity contribution in [3.63, 3.8) is 0 Å². The summed E-state index contributed by atoms with van der Waals surface area (Å²) in [5, 5.41) is 15.0. The minimum absolute atomic E-state index is 0.0901. The van der Waals surface area contributed by atoms with Crippen molar-refractivity contribution >= 4 is 40.5 Å². The van der Waals surface area contributed by atoms with Gasteiger partial charge >= 0.3 is 0 Å². The van der Waals surface area contributed by atoms with Gasteiger partial charge in [-0.05, 0) is 38.0 Å². The Balaban J connectivity index is 1.97. The minimum atomic E-state index is -0.442. The van der Waals surface area contributed by atoms with E-state index < -0.39 is 11.7 Å². The Hall–Kier alpha value is -1.27. The van der Waals surface area contributed by atoms with Crippen LogP contribution in [0.4, 0.5) is 5.69 Å². The predicted molar refractivity (Wildman–Crippen MR) is 101 cm³/mol. The third-order valence-electron chi connectivity index (χ3n) is 4.52. The lowest BCUT2D eigenvalue weighted by Gasteiger charge is -2.35. The maximum atomic E-state index is 12.7. The van der Waals surface area contributed by atoms with E-state index >= 15 is 0 Å². The summed E-state index contributed by atoms with van der Waals surface area (Å²) in [6.45, 7) is 3.20. The Kier molecular flexibility index (Phi) is 5.58. The lowest BCUT2D eigenvalue weighted by Crippen LogP contribution is -2.40. The first-order valence-corrected chi connectivity index (χ1v) is 9.18. The van der Waals surface area contributed by atoms with Gasteiger partial charge in [0.15, 0.2) is 0 Å². The number of aliphatic hydroxyl groups is 1. The van der Waals surface area contributed by atoms with Crippen molar-refractivity contribution in [3.8, 4) is 5.69 Å². The molecule has 0 saturated carbocycles. The number of aromatic nitrogens is 2. The number of benzene rings is 1. The topological polar surface area (TPSA) is 58.4 Å². The van der Waals surface area contributed by atoms with Crippen LogP contribution in [0.3, 0.4) is 0 Å². The molecule has 0 bridgehead atoms. The van der Waals surface area contributed by atoms with E-state index in [1.165, 1.54) is 4.68 Å². The Morgan fingerprint density at radius 3 is 2.72 bits per heavy atom. The molecule has 1 aliphatic heterocycles. The number of nitrogens with zero attached hydrogens (tertiary/aromatic N) is 3. The zero-order valence-electron chi connectivity index (χ0n) is 13.6. The van der Waals surface area contributed by atoms with Crippen LogP contribution in [0, 0.1) is 5.92 Å². The van der Waals surface area contributed by atoms with Crippen LogP contribution < -0.4 is 10.5 Å². The van der Waals surface area contributed by atoms with E-state index in [4.69, 9.17) is 34.8 Å². The average Bonchev–Trinajstić information content (AvgIpc) is 2.58. The smallest absolute Gasteiger partial charge is 0.292 e. The molecule has 134 valence electrons. The number of halogens is 3. The molecule has 0 aliphatic carbocycles. The van der Waals surface area contributed by atoms with Gasteiger partial charge in [0.05, 0.1) is 28.7 Å². The number of aliphatic hydroxyl groups excluding tert-OH is 1. The molecular weight excluding hydrogens is 385 g/mol. The molecule has 2 heterocycles. The van der Waals surface area contributed by atoms with E-state index in [9.17, 15) is 9.90 Å². The summed E-state index contributed by atoms with van der Waals surface area (Å²) in [4.78, 5) is 14.7. The number of hydrogen-bond acceptors (Lipinski definition) is 4. The Morgan fingerprint density at radius 1 is 1.28 bits per heavy atom. The van der Waals surface area contributed by atoms with Crippen molar-refractivity contribution in [2.75, 3.05) is 18.0 Å². The Bertz CT molecular complexity index is 838. The standard InChI is InChI=1S/C17H18Cl3N3O2/c1-10(24)11-3-2-6-22(9-11)15-8-21-23(17(25)16(15)20)14-5-4-12(18)7-13(14)19/h4-5,7-8,10-11,24H,2-3,6,9H2,1H3. The van der Waals surface area contributed by atoms with Crippen LogP contribution in [-0.2, 0) is 0 Å². The minimum Gasteiger partial charge on any atom is -0.393 e. The average molecular weight is 403 g/mol. The highest BCUT2D eigenvalue weighted by atomic mass is 35.5. The van der Waals surface area contributed by atoms with Crippen molar-refractivity contribution in [2.45, 2.75) is 25.9 Å². The van der Waals surface area contributed by atoms with Gasteiger partial charge in [-0.2, -0.15) is 9.78 Å². The summed E-state index contributed by atoms with van der Waals surface area (Å²) in [6.07, 6.45) is 3.05.